The number of phenolic OH excluding ortho intramolecular Hbond substituents is 3. The second-order valence-corrected chi connectivity index (χ2v) is 4.33. The molecule has 1 aliphatic heterocycles. The first-order valence-electron chi connectivity index (χ1n) is 5.89. The first kappa shape index (κ1) is 15.8. The summed E-state index contributed by atoms with van der Waals surface area (Å²) in [5.74, 6) is -1.45. The summed E-state index contributed by atoms with van der Waals surface area (Å²) in [4.78, 5) is 1.90. The van der Waals surface area contributed by atoms with Crippen LogP contribution in [0.4, 0.5) is 4.39 Å². The largest absolute Gasteiger partial charge is 0.504 e. The van der Waals surface area contributed by atoms with Crippen molar-refractivity contribution in [3.63, 3.8) is 0 Å². The van der Waals surface area contributed by atoms with E-state index in [1.165, 1.54) is 12.1 Å². The lowest BCUT2D eigenvalue weighted by Gasteiger charge is -2.33. The van der Waals surface area contributed by atoms with E-state index in [1.807, 2.05) is 4.90 Å². The monoisotopic (exact) mass is 292 g/mol. The van der Waals surface area contributed by atoms with E-state index in [0.29, 0.717) is 18.7 Å². The molecule has 0 aliphatic carbocycles. The van der Waals surface area contributed by atoms with E-state index in [2.05, 4.69) is 5.32 Å². The molecular weight excluding hydrogens is 275 g/mol. The van der Waals surface area contributed by atoms with Gasteiger partial charge in [-0.2, -0.15) is 0 Å². The summed E-state index contributed by atoms with van der Waals surface area (Å²) in [6.45, 7) is 2.23. The molecule has 0 spiro atoms. The van der Waals surface area contributed by atoms with Crippen molar-refractivity contribution in [2.45, 2.75) is 6.04 Å². The predicted molar refractivity (Wildman–Crippen MR) is 71.8 cm³/mol. The lowest BCUT2D eigenvalue weighted by Crippen LogP contribution is -2.45. The quantitative estimate of drug-likeness (QED) is 0.629. The maximum absolute atomic E-state index is 13.2. The van der Waals surface area contributed by atoms with Crippen molar-refractivity contribution in [1.29, 1.82) is 0 Å². The second kappa shape index (κ2) is 6.79. The van der Waals surface area contributed by atoms with Gasteiger partial charge < -0.3 is 20.6 Å². The minimum Gasteiger partial charge on any atom is -0.504 e. The molecule has 1 atom stereocenters. The van der Waals surface area contributed by atoms with Crippen LogP contribution in [0.5, 0.6) is 17.2 Å². The molecule has 0 saturated carbocycles. The van der Waals surface area contributed by atoms with Crippen LogP contribution in [-0.4, -0.2) is 53.1 Å². The summed E-state index contributed by atoms with van der Waals surface area (Å²) in [5, 5.41) is 31.7. The van der Waals surface area contributed by atoms with Crippen LogP contribution in [0.25, 0.3) is 0 Å². The minimum atomic E-state index is -0.655. The van der Waals surface area contributed by atoms with Gasteiger partial charge in [-0.3, -0.25) is 4.90 Å². The lowest BCUT2D eigenvalue weighted by atomic mass is 10.0. The average Bonchev–Trinajstić information content (AvgIpc) is 2.41. The van der Waals surface area contributed by atoms with Crippen molar-refractivity contribution >= 4 is 12.4 Å². The molecule has 19 heavy (non-hydrogen) atoms. The van der Waals surface area contributed by atoms with Crippen LogP contribution in [0.2, 0.25) is 0 Å². The average molecular weight is 293 g/mol. The second-order valence-electron chi connectivity index (χ2n) is 4.33. The molecule has 1 saturated heterocycles. The normalized spacial score (nSPS) is 17.7. The van der Waals surface area contributed by atoms with Crippen LogP contribution in [0.15, 0.2) is 12.1 Å². The Morgan fingerprint density at radius 3 is 2.37 bits per heavy atom. The first-order chi connectivity index (χ1) is 8.65. The van der Waals surface area contributed by atoms with Crippen molar-refractivity contribution in [2.24, 2.45) is 0 Å². The van der Waals surface area contributed by atoms with Crippen molar-refractivity contribution in [3.05, 3.63) is 17.7 Å². The van der Waals surface area contributed by atoms with Gasteiger partial charge in [-0.25, -0.2) is 4.39 Å². The molecule has 1 heterocycles. The molecule has 5 nitrogen and oxygen atoms in total. The van der Waals surface area contributed by atoms with E-state index in [0.717, 1.165) is 13.1 Å². The first-order valence-corrected chi connectivity index (χ1v) is 5.89. The topological polar surface area (TPSA) is 76.0 Å². The summed E-state index contributed by atoms with van der Waals surface area (Å²) < 4.78 is 13.2. The van der Waals surface area contributed by atoms with Crippen LogP contribution in [0.3, 0.4) is 0 Å². The van der Waals surface area contributed by atoms with Gasteiger partial charge in [0.05, 0.1) is 6.04 Å². The lowest BCUT2D eigenvalue weighted by molar-refractivity contribution is 0.144. The van der Waals surface area contributed by atoms with Gasteiger partial charge in [0.25, 0.3) is 0 Å². The molecule has 4 N–H and O–H groups in total. The SMILES string of the molecule is Cl.Oc1ccc([C@H](CF)N2CCNCC2)c(O)c1O. The van der Waals surface area contributed by atoms with Crippen molar-refractivity contribution < 1.29 is 19.7 Å². The van der Waals surface area contributed by atoms with Crippen LogP contribution in [0.1, 0.15) is 11.6 Å². The Morgan fingerprint density at radius 2 is 1.79 bits per heavy atom. The molecule has 1 aliphatic rings. The maximum Gasteiger partial charge on any atom is 0.200 e. The molecule has 0 aromatic heterocycles. The molecule has 1 fully saturated rings. The molecular formula is C12H18ClFN2O3. The van der Waals surface area contributed by atoms with Crippen LogP contribution >= 0.6 is 12.4 Å². The zero-order chi connectivity index (χ0) is 13.1. The fourth-order valence-electron chi connectivity index (χ4n) is 2.22. The zero-order valence-corrected chi connectivity index (χ0v) is 11.2. The Morgan fingerprint density at radius 1 is 1.16 bits per heavy atom. The highest BCUT2D eigenvalue weighted by Crippen LogP contribution is 2.41. The third-order valence-corrected chi connectivity index (χ3v) is 3.26. The molecule has 108 valence electrons. The third kappa shape index (κ3) is 3.20. The summed E-state index contributed by atoms with van der Waals surface area (Å²) in [7, 11) is 0. The number of nitrogens with zero attached hydrogens (tertiary/aromatic N) is 1. The van der Waals surface area contributed by atoms with Gasteiger partial charge in [0.15, 0.2) is 11.5 Å². The molecule has 0 bridgehead atoms. The fraction of sp³-hybridized carbons (Fsp3) is 0.500. The molecule has 1 aromatic carbocycles. The minimum absolute atomic E-state index is 0. The Labute approximate surface area is 117 Å². The number of nitrogens with one attached hydrogen (secondary N) is 1. The Balaban J connectivity index is 0.00000180. The Hall–Kier alpha value is -1.24. The van der Waals surface area contributed by atoms with Gasteiger partial charge in [-0.05, 0) is 12.1 Å². The molecule has 1 aromatic rings. The van der Waals surface area contributed by atoms with E-state index in [-0.39, 0.29) is 12.4 Å². The predicted octanol–water partition coefficient (Wildman–Crippen LogP) is 1.14. The van der Waals surface area contributed by atoms with Crippen LogP contribution < -0.4 is 5.32 Å². The van der Waals surface area contributed by atoms with Crippen molar-refractivity contribution in [3.8, 4) is 17.2 Å². The number of rotatable bonds is 3. The maximum atomic E-state index is 13.2. The molecule has 7 heteroatoms. The number of phenols is 3. The fourth-order valence-corrected chi connectivity index (χ4v) is 2.22. The van der Waals surface area contributed by atoms with E-state index in [1.54, 1.807) is 0 Å². The number of aromatic hydroxyl groups is 3. The molecule has 0 radical (unpaired) electrons. The number of halogens is 2. The van der Waals surface area contributed by atoms with Gasteiger partial charge in [-0.15, -0.1) is 12.4 Å². The summed E-state index contributed by atoms with van der Waals surface area (Å²) in [6, 6.07) is 2.10. The zero-order valence-electron chi connectivity index (χ0n) is 10.3. The smallest absolute Gasteiger partial charge is 0.200 e. The Kier molecular flexibility index (Phi) is 5.65. The van der Waals surface area contributed by atoms with Gasteiger partial charge >= 0.3 is 0 Å². The number of piperazine rings is 1. The molecule has 0 unspecified atom stereocenters. The van der Waals surface area contributed by atoms with Crippen LogP contribution in [0, 0.1) is 0 Å². The van der Waals surface area contributed by atoms with E-state index >= 15 is 0 Å². The summed E-state index contributed by atoms with van der Waals surface area (Å²) in [5.41, 5.74) is 0.301. The number of benzene rings is 1. The highest BCUT2D eigenvalue weighted by molar-refractivity contribution is 5.85. The van der Waals surface area contributed by atoms with Crippen molar-refractivity contribution in [1.82, 2.24) is 10.2 Å². The number of hydrogen-bond acceptors (Lipinski definition) is 5. The van der Waals surface area contributed by atoms with Gasteiger partial charge in [-0.1, -0.05) is 0 Å². The standard InChI is InChI=1S/C12H17FN2O3.ClH/c13-7-9(15-5-3-14-4-6-15)8-1-2-10(16)12(18)11(8)17;/h1-2,9,14,16-18H,3-7H2;1H/t9-;/m0./s1. The number of alkyl halides is 1. The third-order valence-electron chi connectivity index (χ3n) is 3.26. The summed E-state index contributed by atoms with van der Waals surface area (Å²) >= 11 is 0. The van der Waals surface area contributed by atoms with E-state index in [4.69, 9.17) is 0 Å². The summed E-state index contributed by atoms with van der Waals surface area (Å²) in [6.07, 6.45) is 0. The van der Waals surface area contributed by atoms with Gasteiger partial charge in [0, 0.05) is 31.7 Å². The van der Waals surface area contributed by atoms with E-state index < -0.39 is 30.0 Å². The molecule has 2 rings (SSSR count). The van der Waals surface area contributed by atoms with E-state index in [9.17, 15) is 19.7 Å². The van der Waals surface area contributed by atoms with Gasteiger partial charge in [0.2, 0.25) is 5.75 Å². The highest BCUT2D eigenvalue weighted by Gasteiger charge is 2.26. The van der Waals surface area contributed by atoms with Gasteiger partial charge in [0.1, 0.15) is 6.67 Å². The Bertz CT molecular complexity index is 428. The number of hydrogen-bond donors (Lipinski definition) is 4. The highest BCUT2D eigenvalue weighted by atomic mass is 35.5. The van der Waals surface area contributed by atoms with Crippen molar-refractivity contribution in [2.75, 3.05) is 32.9 Å². The van der Waals surface area contributed by atoms with Crippen LogP contribution in [-0.2, 0) is 0 Å². The molecule has 0 amide bonds.